The molecule has 68 valence electrons. The lowest BCUT2D eigenvalue weighted by Gasteiger charge is -1.96. The monoisotopic (exact) mass is 177 g/mol. The highest BCUT2D eigenvalue weighted by Crippen LogP contribution is 2.10. The molecule has 0 fully saturated rings. The van der Waals surface area contributed by atoms with Crippen molar-refractivity contribution in [2.45, 2.75) is 6.42 Å². The van der Waals surface area contributed by atoms with E-state index in [2.05, 4.69) is 16.7 Å². The molecule has 0 heterocycles. The Labute approximate surface area is 77.1 Å². The fourth-order valence-electron chi connectivity index (χ4n) is 0.868. The fourth-order valence-corrected chi connectivity index (χ4v) is 0.868. The standard InChI is InChI=1S/C10H11NO2/c11-13-10-6-3-5-9(8-10)4-1-2-7-12/h3,5-6,8,12H,2,7,11H2. The van der Waals surface area contributed by atoms with Gasteiger partial charge in [0.25, 0.3) is 0 Å². The Morgan fingerprint density at radius 1 is 1.46 bits per heavy atom. The maximum absolute atomic E-state index is 8.50. The summed E-state index contributed by atoms with van der Waals surface area (Å²) in [7, 11) is 0. The van der Waals surface area contributed by atoms with Crippen LogP contribution in [0.2, 0.25) is 0 Å². The van der Waals surface area contributed by atoms with Crippen LogP contribution in [0, 0.1) is 11.8 Å². The van der Waals surface area contributed by atoms with Crippen LogP contribution in [0.3, 0.4) is 0 Å². The first-order chi connectivity index (χ1) is 6.36. The molecule has 1 rings (SSSR count). The molecule has 0 aromatic heterocycles. The van der Waals surface area contributed by atoms with Crippen LogP contribution in [-0.2, 0) is 0 Å². The Hall–Kier alpha value is -1.50. The normalized spacial score (nSPS) is 8.77. The van der Waals surface area contributed by atoms with E-state index >= 15 is 0 Å². The van der Waals surface area contributed by atoms with Gasteiger partial charge in [0.15, 0.2) is 0 Å². The maximum atomic E-state index is 8.50. The molecule has 3 heteroatoms. The Bertz CT molecular complexity index is 325. The molecule has 0 spiro atoms. The van der Waals surface area contributed by atoms with Crippen LogP contribution in [0.1, 0.15) is 12.0 Å². The Kier molecular flexibility index (Phi) is 3.83. The van der Waals surface area contributed by atoms with Crippen LogP contribution in [-0.4, -0.2) is 11.7 Å². The zero-order valence-corrected chi connectivity index (χ0v) is 7.16. The van der Waals surface area contributed by atoms with Gasteiger partial charge < -0.3 is 9.94 Å². The van der Waals surface area contributed by atoms with Crippen molar-refractivity contribution < 1.29 is 9.94 Å². The van der Waals surface area contributed by atoms with Gasteiger partial charge in [-0.3, -0.25) is 0 Å². The molecule has 0 amide bonds. The van der Waals surface area contributed by atoms with E-state index in [4.69, 9.17) is 11.0 Å². The van der Waals surface area contributed by atoms with Gasteiger partial charge in [-0.1, -0.05) is 17.9 Å². The fraction of sp³-hybridized carbons (Fsp3) is 0.200. The number of aliphatic hydroxyl groups is 1. The summed E-state index contributed by atoms with van der Waals surface area (Å²) < 4.78 is 0. The van der Waals surface area contributed by atoms with Crippen LogP contribution in [0.4, 0.5) is 0 Å². The molecule has 13 heavy (non-hydrogen) atoms. The number of benzene rings is 1. The summed E-state index contributed by atoms with van der Waals surface area (Å²) in [5, 5.41) is 8.50. The molecule has 0 saturated heterocycles. The average molecular weight is 177 g/mol. The van der Waals surface area contributed by atoms with E-state index in [1.807, 2.05) is 12.1 Å². The van der Waals surface area contributed by atoms with Crippen molar-refractivity contribution in [1.29, 1.82) is 0 Å². The largest absolute Gasteiger partial charge is 0.411 e. The summed E-state index contributed by atoms with van der Waals surface area (Å²) in [6.07, 6.45) is 0.480. The number of rotatable bonds is 2. The molecular formula is C10H11NO2. The van der Waals surface area contributed by atoms with Gasteiger partial charge in [0.05, 0.1) is 6.61 Å². The molecule has 0 aliphatic heterocycles. The highest BCUT2D eigenvalue weighted by atomic mass is 16.6. The van der Waals surface area contributed by atoms with Crippen molar-refractivity contribution in [3.63, 3.8) is 0 Å². The van der Waals surface area contributed by atoms with Crippen LogP contribution >= 0.6 is 0 Å². The number of hydrogen-bond donors (Lipinski definition) is 2. The zero-order chi connectivity index (χ0) is 9.52. The molecule has 0 atom stereocenters. The van der Waals surface area contributed by atoms with E-state index in [9.17, 15) is 0 Å². The predicted molar refractivity (Wildman–Crippen MR) is 49.8 cm³/mol. The lowest BCUT2D eigenvalue weighted by Crippen LogP contribution is -2.01. The summed E-state index contributed by atoms with van der Waals surface area (Å²) in [5.74, 6) is 11.2. The quantitative estimate of drug-likeness (QED) is 0.515. The van der Waals surface area contributed by atoms with E-state index in [1.54, 1.807) is 12.1 Å². The summed E-state index contributed by atoms with van der Waals surface area (Å²) in [5.41, 5.74) is 0.830. The maximum Gasteiger partial charge on any atom is 0.148 e. The summed E-state index contributed by atoms with van der Waals surface area (Å²) in [6.45, 7) is 0.0834. The Morgan fingerprint density at radius 3 is 3.00 bits per heavy atom. The first-order valence-electron chi connectivity index (χ1n) is 3.93. The third kappa shape index (κ3) is 3.16. The van der Waals surface area contributed by atoms with Gasteiger partial charge in [-0.25, -0.2) is 0 Å². The van der Waals surface area contributed by atoms with Gasteiger partial charge in [0.2, 0.25) is 0 Å². The Balaban J connectivity index is 2.73. The molecule has 1 aromatic rings. The lowest BCUT2D eigenvalue weighted by molar-refractivity contribution is 0.305. The third-order valence-corrected chi connectivity index (χ3v) is 1.44. The number of aliphatic hydroxyl groups excluding tert-OH is 1. The van der Waals surface area contributed by atoms with Crippen LogP contribution in [0.15, 0.2) is 24.3 Å². The van der Waals surface area contributed by atoms with E-state index in [0.717, 1.165) is 5.56 Å². The summed E-state index contributed by atoms with van der Waals surface area (Å²) in [6, 6.07) is 7.15. The molecule has 0 unspecified atom stereocenters. The zero-order valence-electron chi connectivity index (χ0n) is 7.16. The van der Waals surface area contributed by atoms with Crippen LogP contribution in [0.25, 0.3) is 0 Å². The van der Waals surface area contributed by atoms with Crippen molar-refractivity contribution in [3.05, 3.63) is 29.8 Å². The van der Waals surface area contributed by atoms with Gasteiger partial charge in [0, 0.05) is 12.0 Å². The van der Waals surface area contributed by atoms with Gasteiger partial charge in [-0.2, -0.15) is 5.90 Å². The predicted octanol–water partition coefficient (Wildman–Crippen LogP) is 0.673. The minimum Gasteiger partial charge on any atom is -0.411 e. The molecule has 3 N–H and O–H groups in total. The first kappa shape index (κ1) is 9.59. The van der Waals surface area contributed by atoms with E-state index < -0.39 is 0 Å². The number of nitrogens with two attached hydrogens (primary N) is 1. The lowest BCUT2D eigenvalue weighted by atomic mass is 10.2. The first-order valence-corrected chi connectivity index (χ1v) is 3.93. The van der Waals surface area contributed by atoms with Crippen molar-refractivity contribution in [1.82, 2.24) is 0 Å². The van der Waals surface area contributed by atoms with Gasteiger partial charge in [-0.15, -0.1) is 0 Å². The van der Waals surface area contributed by atoms with Gasteiger partial charge in [0.1, 0.15) is 5.75 Å². The van der Waals surface area contributed by atoms with Crippen molar-refractivity contribution in [2.75, 3.05) is 6.61 Å². The minimum absolute atomic E-state index is 0.0834. The summed E-state index contributed by atoms with van der Waals surface area (Å²) in [4.78, 5) is 4.54. The highest BCUT2D eigenvalue weighted by Gasteiger charge is 1.91. The second-order valence-corrected chi connectivity index (χ2v) is 2.42. The molecule has 0 radical (unpaired) electrons. The molecule has 1 aromatic carbocycles. The number of hydrogen-bond acceptors (Lipinski definition) is 3. The second-order valence-electron chi connectivity index (χ2n) is 2.42. The summed E-state index contributed by atoms with van der Waals surface area (Å²) >= 11 is 0. The smallest absolute Gasteiger partial charge is 0.148 e. The Morgan fingerprint density at radius 2 is 2.31 bits per heavy atom. The van der Waals surface area contributed by atoms with E-state index in [1.165, 1.54) is 0 Å². The third-order valence-electron chi connectivity index (χ3n) is 1.44. The van der Waals surface area contributed by atoms with E-state index in [0.29, 0.717) is 12.2 Å². The second kappa shape index (κ2) is 5.20. The van der Waals surface area contributed by atoms with Crippen molar-refractivity contribution in [2.24, 2.45) is 5.90 Å². The van der Waals surface area contributed by atoms with Crippen LogP contribution < -0.4 is 10.7 Å². The van der Waals surface area contributed by atoms with Crippen molar-refractivity contribution in [3.8, 4) is 17.6 Å². The van der Waals surface area contributed by atoms with Gasteiger partial charge in [-0.05, 0) is 18.2 Å². The molecule has 0 bridgehead atoms. The molecule has 0 aliphatic rings. The SMILES string of the molecule is NOc1cccc(C#CCCO)c1. The topological polar surface area (TPSA) is 55.5 Å². The molecule has 0 aliphatic carbocycles. The molecule has 0 saturated carbocycles. The highest BCUT2D eigenvalue weighted by molar-refractivity contribution is 5.39. The van der Waals surface area contributed by atoms with E-state index in [-0.39, 0.29) is 6.61 Å². The average Bonchev–Trinajstić information content (AvgIpc) is 2.19. The van der Waals surface area contributed by atoms with Crippen LogP contribution in [0.5, 0.6) is 5.75 Å². The minimum atomic E-state index is 0.0834. The molecular weight excluding hydrogens is 166 g/mol. The van der Waals surface area contributed by atoms with Gasteiger partial charge >= 0.3 is 0 Å². The molecule has 3 nitrogen and oxygen atoms in total. The van der Waals surface area contributed by atoms with Crippen molar-refractivity contribution >= 4 is 0 Å².